The lowest BCUT2D eigenvalue weighted by atomic mass is 10.1. The zero-order valence-corrected chi connectivity index (χ0v) is 9.81. The molecule has 1 unspecified atom stereocenters. The molecule has 2 N–H and O–H groups in total. The Morgan fingerprint density at radius 1 is 1.59 bits per heavy atom. The predicted molar refractivity (Wildman–Crippen MR) is 64.4 cm³/mol. The van der Waals surface area contributed by atoms with Gasteiger partial charge in [-0.15, -0.1) is 0 Å². The van der Waals surface area contributed by atoms with E-state index in [0.717, 1.165) is 5.56 Å². The van der Waals surface area contributed by atoms with Gasteiger partial charge in [0.25, 0.3) is 0 Å². The number of rotatable bonds is 6. The van der Waals surface area contributed by atoms with Gasteiger partial charge in [-0.1, -0.05) is 12.1 Å². The summed E-state index contributed by atoms with van der Waals surface area (Å²) < 4.78 is 0. The number of benzene rings is 1. The molecule has 17 heavy (non-hydrogen) atoms. The number of carbonyl (C=O) groups is 1. The Bertz CT molecular complexity index is 424. The van der Waals surface area contributed by atoms with Gasteiger partial charge in [0, 0.05) is 12.5 Å². The summed E-state index contributed by atoms with van der Waals surface area (Å²) in [4.78, 5) is 10.3. The Hall–Kier alpha value is -1.86. The third-order valence-electron chi connectivity index (χ3n) is 2.53. The lowest BCUT2D eigenvalue weighted by Gasteiger charge is -2.13. The van der Waals surface area contributed by atoms with Gasteiger partial charge >= 0.3 is 5.97 Å². The van der Waals surface area contributed by atoms with Gasteiger partial charge in [-0.3, -0.25) is 4.79 Å². The van der Waals surface area contributed by atoms with Crippen LogP contribution in [0.4, 0.5) is 0 Å². The van der Waals surface area contributed by atoms with Crippen LogP contribution in [0, 0.1) is 11.3 Å². The minimum Gasteiger partial charge on any atom is -0.481 e. The molecule has 0 spiro atoms. The van der Waals surface area contributed by atoms with Gasteiger partial charge in [-0.25, -0.2) is 0 Å². The molecule has 0 fully saturated rings. The fourth-order valence-electron chi connectivity index (χ4n) is 1.55. The molecule has 0 saturated carbocycles. The smallest absolute Gasteiger partial charge is 0.303 e. The summed E-state index contributed by atoms with van der Waals surface area (Å²) >= 11 is 0. The number of aliphatic carboxylic acids is 1. The molecule has 0 radical (unpaired) electrons. The van der Waals surface area contributed by atoms with Crippen LogP contribution in [0.15, 0.2) is 24.3 Å². The number of nitrogens with one attached hydrogen (secondary N) is 1. The predicted octanol–water partition coefficient (Wildman–Crippen LogP) is 2.07. The Morgan fingerprint density at radius 2 is 2.35 bits per heavy atom. The number of carboxylic acid groups (broad SMARTS) is 1. The second-order valence-electron chi connectivity index (χ2n) is 3.91. The Labute approximate surface area is 101 Å². The molecule has 0 aliphatic carbocycles. The zero-order valence-electron chi connectivity index (χ0n) is 9.81. The first-order chi connectivity index (χ1) is 8.13. The van der Waals surface area contributed by atoms with Crippen molar-refractivity contribution in [3.05, 3.63) is 35.4 Å². The van der Waals surface area contributed by atoms with Crippen LogP contribution < -0.4 is 5.32 Å². The first-order valence-electron chi connectivity index (χ1n) is 5.58. The van der Waals surface area contributed by atoms with Crippen molar-refractivity contribution in [1.29, 1.82) is 5.26 Å². The highest BCUT2D eigenvalue weighted by molar-refractivity contribution is 5.66. The SMILES string of the molecule is CC(NCCCC(=O)O)c1cccc(C#N)c1. The lowest BCUT2D eigenvalue weighted by Crippen LogP contribution is -2.20. The zero-order chi connectivity index (χ0) is 12.7. The van der Waals surface area contributed by atoms with E-state index in [1.54, 1.807) is 6.07 Å². The second-order valence-corrected chi connectivity index (χ2v) is 3.91. The summed E-state index contributed by atoms with van der Waals surface area (Å²) in [5.74, 6) is -0.772. The molecule has 1 rings (SSSR count). The van der Waals surface area contributed by atoms with Gasteiger partial charge in [0.05, 0.1) is 11.6 Å². The minimum atomic E-state index is -0.772. The maximum Gasteiger partial charge on any atom is 0.303 e. The first-order valence-corrected chi connectivity index (χ1v) is 5.58. The summed E-state index contributed by atoms with van der Waals surface area (Å²) in [6.07, 6.45) is 0.787. The van der Waals surface area contributed by atoms with E-state index in [9.17, 15) is 4.79 Å². The van der Waals surface area contributed by atoms with Crippen LogP contribution in [0.5, 0.6) is 0 Å². The van der Waals surface area contributed by atoms with E-state index in [0.29, 0.717) is 18.5 Å². The number of carboxylic acids is 1. The monoisotopic (exact) mass is 232 g/mol. The molecule has 0 bridgehead atoms. The van der Waals surface area contributed by atoms with Crippen LogP contribution in [0.3, 0.4) is 0 Å². The van der Waals surface area contributed by atoms with E-state index in [4.69, 9.17) is 10.4 Å². The van der Waals surface area contributed by atoms with Crippen molar-refractivity contribution in [3.63, 3.8) is 0 Å². The maximum atomic E-state index is 10.3. The molecular weight excluding hydrogens is 216 g/mol. The lowest BCUT2D eigenvalue weighted by molar-refractivity contribution is -0.137. The molecule has 0 saturated heterocycles. The van der Waals surface area contributed by atoms with Gasteiger partial charge in [0.1, 0.15) is 0 Å². The van der Waals surface area contributed by atoms with Gasteiger partial charge in [0.2, 0.25) is 0 Å². The van der Waals surface area contributed by atoms with Crippen molar-refractivity contribution in [2.75, 3.05) is 6.54 Å². The molecule has 1 aromatic rings. The van der Waals surface area contributed by atoms with Gasteiger partial charge in [-0.2, -0.15) is 5.26 Å². The summed E-state index contributed by atoms with van der Waals surface area (Å²) in [6, 6.07) is 9.63. The molecule has 90 valence electrons. The fourth-order valence-corrected chi connectivity index (χ4v) is 1.55. The normalized spacial score (nSPS) is 11.8. The van der Waals surface area contributed by atoms with Crippen molar-refractivity contribution in [3.8, 4) is 6.07 Å². The molecule has 4 heteroatoms. The van der Waals surface area contributed by atoms with E-state index < -0.39 is 5.97 Å². The molecular formula is C13H16N2O2. The van der Waals surface area contributed by atoms with E-state index in [1.807, 2.05) is 25.1 Å². The quantitative estimate of drug-likeness (QED) is 0.736. The van der Waals surface area contributed by atoms with E-state index >= 15 is 0 Å². The van der Waals surface area contributed by atoms with Crippen LogP contribution in [0.1, 0.15) is 36.9 Å². The maximum absolute atomic E-state index is 10.3. The van der Waals surface area contributed by atoms with Crippen molar-refractivity contribution in [1.82, 2.24) is 5.32 Å². The molecule has 0 amide bonds. The third kappa shape index (κ3) is 4.66. The Morgan fingerprint density at radius 3 is 3.00 bits per heavy atom. The van der Waals surface area contributed by atoms with Crippen LogP contribution in [0.2, 0.25) is 0 Å². The van der Waals surface area contributed by atoms with Crippen LogP contribution in [-0.2, 0) is 4.79 Å². The first kappa shape index (κ1) is 13.2. The molecule has 1 aromatic carbocycles. The molecule has 4 nitrogen and oxygen atoms in total. The largest absolute Gasteiger partial charge is 0.481 e. The van der Waals surface area contributed by atoms with Gasteiger partial charge < -0.3 is 10.4 Å². The van der Waals surface area contributed by atoms with Crippen LogP contribution >= 0.6 is 0 Å². The molecule has 0 aromatic heterocycles. The molecule has 1 atom stereocenters. The number of hydrogen-bond donors (Lipinski definition) is 2. The standard InChI is InChI=1S/C13H16N2O2/c1-10(15-7-3-6-13(16)17)12-5-2-4-11(8-12)9-14/h2,4-5,8,10,15H,3,6-7H2,1H3,(H,16,17). The molecule has 0 heterocycles. The average Bonchev–Trinajstić information content (AvgIpc) is 2.34. The molecule has 0 aliphatic heterocycles. The molecule has 0 aliphatic rings. The second kappa shape index (κ2) is 6.66. The summed E-state index contributed by atoms with van der Waals surface area (Å²) in [5.41, 5.74) is 1.68. The van der Waals surface area contributed by atoms with Crippen LogP contribution in [0.25, 0.3) is 0 Å². The van der Waals surface area contributed by atoms with Gasteiger partial charge in [0.15, 0.2) is 0 Å². The van der Waals surface area contributed by atoms with Gasteiger partial charge in [-0.05, 0) is 37.6 Å². The van der Waals surface area contributed by atoms with E-state index in [1.165, 1.54) is 0 Å². The summed E-state index contributed by atoms with van der Waals surface area (Å²) in [6.45, 7) is 2.65. The van der Waals surface area contributed by atoms with Crippen LogP contribution in [-0.4, -0.2) is 17.6 Å². The Balaban J connectivity index is 2.44. The number of nitriles is 1. The van der Waals surface area contributed by atoms with Crippen molar-refractivity contribution < 1.29 is 9.90 Å². The van der Waals surface area contributed by atoms with Crippen molar-refractivity contribution >= 4 is 5.97 Å². The third-order valence-corrected chi connectivity index (χ3v) is 2.53. The average molecular weight is 232 g/mol. The van der Waals surface area contributed by atoms with E-state index in [-0.39, 0.29) is 12.5 Å². The minimum absolute atomic E-state index is 0.122. The highest BCUT2D eigenvalue weighted by Crippen LogP contribution is 2.13. The highest BCUT2D eigenvalue weighted by atomic mass is 16.4. The van der Waals surface area contributed by atoms with E-state index in [2.05, 4.69) is 11.4 Å². The summed E-state index contributed by atoms with van der Waals surface area (Å²) in [5, 5.41) is 20.5. The topological polar surface area (TPSA) is 73.1 Å². The number of nitrogens with zero attached hydrogens (tertiary/aromatic N) is 1. The summed E-state index contributed by atoms with van der Waals surface area (Å²) in [7, 11) is 0. The van der Waals surface area contributed by atoms with Crippen molar-refractivity contribution in [2.45, 2.75) is 25.8 Å². The van der Waals surface area contributed by atoms with Crippen molar-refractivity contribution in [2.24, 2.45) is 0 Å². The highest BCUT2D eigenvalue weighted by Gasteiger charge is 2.05. The number of hydrogen-bond acceptors (Lipinski definition) is 3. The fraction of sp³-hybridized carbons (Fsp3) is 0.385. The Kier molecular flexibility index (Phi) is 5.18.